The van der Waals surface area contributed by atoms with Crippen molar-refractivity contribution in [2.75, 3.05) is 6.54 Å². The van der Waals surface area contributed by atoms with E-state index in [9.17, 15) is 9.59 Å². The maximum atomic E-state index is 12.2. The van der Waals surface area contributed by atoms with Gasteiger partial charge in [0, 0.05) is 11.9 Å². The van der Waals surface area contributed by atoms with Gasteiger partial charge in [0.25, 0.3) is 5.91 Å². The minimum atomic E-state index is -0.575. The molecule has 0 saturated heterocycles. The van der Waals surface area contributed by atoms with Crippen LogP contribution in [0.5, 0.6) is 0 Å². The van der Waals surface area contributed by atoms with Crippen molar-refractivity contribution < 1.29 is 9.21 Å². The molecule has 4 nitrogen and oxygen atoms in total. The molecule has 1 heterocycles. The average Bonchev–Trinajstić information content (AvgIpc) is 2.55. The van der Waals surface area contributed by atoms with Gasteiger partial charge in [-0.2, -0.15) is 0 Å². The molecule has 1 N–H and O–H groups in total. The summed E-state index contributed by atoms with van der Waals surface area (Å²) in [5.74, 6) is 0.373. The highest BCUT2D eigenvalue weighted by molar-refractivity contribution is 5.96. The molecule has 1 amide bonds. The van der Waals surface area contributed by atoms with Gasteiger partial charge < -0.3 is 9.73 Å². The van der Waals surface area contributed by atoms with Crippen molar-refractivity contribution in [3.8, 4) is 0 Å². The third kappa shape index (κ3) is 3.38. The van der Waals surface area contributed by atoms with E-state index in [1.807, 2.05) is 12.1 Å². The summed E-state index contributed by atoms with van der Waals surface area (Å²) >= 11 is 0. The zero-order chi connectivity index (χ0) is 15.4. The quantitative estimate of drug-likeness (QED) is 0.879. The molecular weight excluding hydrogens is 278 g/mol. The van der Waals surface area contributed by atoms with E-state index < -0.39 is 5.63 Å². The van der Waals surface area contributed by atoms with Crippen molar-refractivity contribution in [2.45, 2.75) is 38.5 Å². The van der Waals surface area contributed by atoms with Gasteiger partial charge in [0.15, 0.2) is 0 Å². The van der Waals surface area contributed by atoms with Crippen molar-refractivity contribution in [2.24, 2.45) is 5.92 Å². The highest BCUT2D eigenvalue weighted by atomic mass is 16.4. The smallest absolute Gasteiger partial charge is 0.349 e. The summed E-state index contributed by atoms with van der Waals surface area (Å²) in [7, 11) is 0. The van der Waals surface area contributed by atoms with Crippen LogP contribution in [0.2, 0.25) is 0 Å². The first-order chi connectivity index (χ1) is 10.7. The lowest BCUT2D eigenvalue weighted by Crippen LogP contribution is -2.30. The van der Waals surface area contributed by atoms with Gasteiger partial charge in [0.1, 0.15) is 11.1 Å². The molecule has 0 unspecified atom stereocenters. The maximum absolute atomic E-state index is 12.2. The Morgan fingerprint density at radius 3 is 2.77 bits per heavy atom. The Hall–Kier alpha value is -2.10. The molecule has 0 spiro atoms. The Morgan fingerprint density at radius 2 is 1.95 bits per heavy atom. The van der Waals surface area contributed by atoms with Crippen LogP contribution in [0, 0.1) is 5.92 Å². The first kappa shape index (κ1) is 14.8. The van der Waals surface area contributed by atoms with E-state index in [1.165, 1.54) is 32.1 Å². The molecule has 1 aliphatic carbocycles. The second-order valence-corrected chi connectivity index (χ2v) is 6.03. The lowest BCUT2D eigenvalue weighted by atomic mass is 9.87. The highest BCUT2D eigenvalue weighted by Crippen LogP contribution is 2.25. The standard InChI is InChI=1S/C18H21NO3/c20-17(19-11-10-13-6-2-1-3-7-13)15-12-14-8-4-5-9-16(14)22-18(15)21/h4-5,8-9,12-13H,1-3,6-7,10-11H2,(H,19,20). The molecule has 0 aliphatic heterocycles. The molecule has 1 fully saturated rings. The number of hydrogen-bond donors (Lipinski definition) is 1. The van der Waals surface area contributed by atoms with Crippen molar-refractivity contribution in [3.63, 3.8) is 0 Å². The van der Waals surface area contributed by atoms with Gasteiger partial charge in [-0.05, 0) is 24.5 Å². The van der Waals surface area contributed by atoms with Gasteiger partial charge >= 0.3 is 5.63 Å². The predicted molar refractivity (Wildman–Crippen MR) is 86.0 cm³/mol. The van der Waals surface area contributed by atoms with Crippen LogP contribution in [0.25, 0.3) is 11.0 Å². The number of fused-ring (bicyclic) bond motifs is 1. The van der Waals surface area contributed by atoms with Crippen molar-refractivity contribution in [1.82, 2.24) is 5.32 Å². The molecule has 0 bridgehead atoms. The Balaban J connectivity index is 1.64. The lowest BCUT2D eigenvalue weighted by Gasteiger charge is -2.21. The van der Waals surface area contributed by atoms with Crippen LogP contribution >= 0.6 is 0 Å². The summed E-state index contributed by atoms with van der Waals surface area (Å²) in [5, 5.41) is 3.62. The fraction of sp³-hybridized carbons (Fsp3) is 0.444. The number of benzene rings is 1. The van der Waals surface area contributed by atoms with Crippen LogP contribution in [0.3, 0.4) is 0 Å². The first-order valence-electron chi connectivity index (χ1n) is 8.05. The molecule has 22 heavy (non-hydrogen) atoms. The normalized spacial score (nSPS) is 15.8. The Kier molecular flexibility index (Phi) is 4.56. The summed E-state index contributed by atoms with van der Waals surface area (Å²) in [6.45, 7) is 0.621. The summed E-state index contributed by atoms with van der Waals surface area (Å²) in [6, 6.07) is 8.82. The van der Waals surface area contributed by atoms with E-state index in [0.717, 1.165) is 11.8 Å². The highest BCUT2D eigenvalue weighted by Gasteiger charge is 2.16. The van der Waals surface area contributed by atoms with Gasteiger partial charge in [-0.3, -0.25) is 4.79 Å². The monoisotopic (exact) mass is 299 g/mol. The molecule has 4 heteroatoms. The molecule has 1 saturated carbocycles. The third-order valence-corrected chi connectivity index (χ3v) is 4.45. The van der Waals surface area contributed by atoms with E-state index in [0.29, 0.717) is 18.0 Å². The van der Waals surface area contributed by atoms with E-state index >= 15 is 0 Å². The van der Waals surface area contributed by atoms with E-state index in [4.69, 9.17) is 4.42 Å². The number of nitrogens with one attached hydrogen (secondary N) is 1. The number of carbonyl (C=O) groups is 1. The molecule has 1 aromatic heterocycles. The minimum Gasteiger partial charge on any atom is -0.422 e. The van der Waals surface area contributed by atoms with Gasteiger partial charge in [-0.15, -0.1) is 0 Å². The Labute approximate surface area is 129 Å². The van der Waals surface area contributed by atoms with Crippen LogP contribution in [0.15, 0.2) is 39.5 Å². The van der Waals surface area contributed by atoms with Gasteiger partial charge in [-0.25, -0.2) is 4.79 Å². The summed E-state index contributed by atoms with van der Waals surface area (Å²) < 4.78 is 5.19. The van der Waals surface area contributed by atoms with Crippen molar-refractivity contribution >= 4 is 16.9 Å². The number of amides is 1. The summed E-state index contributed by atoms with van der Waals surface area (Å²) in [4.78, 5) is 24.1. The number of para-hydroxylation sites is 1. The van der Waals surface area contributed by atoms with E-state index in [-0.39, 0.29) is 11.5 Å². The summed E-state index contributed by atoms with van der Waals surface area (Å²) in [6.07, 6.45) is 7.44. The number of hydrogen-bond acceptors (Lipinski definition) is 3. The predicted octanol–water partition coefficient (Wildman–Crippen LogP) is 3.49. The van der Waals surface area contributed by atoms with Crippen LogP contribution in [-0.4, -0.2) is 12.5 Å². The largest absolute Gasteiger partial charge is 0.422 e. The van der Waals surface area contributed by atoms with Gasteiger partial charge in [0.05, 0.1) is 0 Å². The molecule has 3 rings (SSSR count). The molecule has 1 aromatic carbocycles. The fourth-order valence-corrected chi connectivity index (χ4v) is 3.18. The molecule has 116 valence electrons. The number of carbonyl (C=O) groups excluding carboxylic acids is 1. The number of rotatable bonds is 4. The van der Waals surface area contributed by atoms with Gasteiger partial charge in [0.2, 0.25) is 0 Å². The molecular formula is C18H21NO3. The van der Waals surface area contributed by atoms with Crippen LogP contribution in [0.1, 0.15) is 48.9 Å². The van der Waals surface area contributed by atoms with E-state index in [1.54, 1.807) is 18.2 Å². The SMILES string of the molecule is O=C(NCCC1CCCCC1)c1cc2ccccc2oc1=O. The average molecular weight is 299 g/mol. The lowest BCUT2D eigenvalue weighted by molar-refractivity contribution is 0.0947. The summed E-state index contributed by atoms with van der Waals surface area (Å²) in [5.41, 5.74) is 0.0162. The van der Waals surface area contributed by atoms with Crippen molar-refractivity contribution in [3.05, 3.63) is 46.3 Å². The van der Waals surface area contributed by atoms with Gasteiger partial charge in [-0.1, -0.05) is 50.3 Å². The fourth-order valence-electron chi connectivity index (χ4n) is 3.18. The molecule has 0 radical (unpaired) electrons. The second kappa shape index (κ2) is 6.77. The minimum absolute atomic E-state index is 0.0855. The first-order valence-corrected chi connectivity index (χ1v) is 8.05. The second-order valence-electron chi connectivity index (χ2n) is 6.03. The molecule has 0 atom stereocenters. The maximum Gasteiger partial charge on any atom is 0.349 e. The molecule has 2 aromatic rings. The zero-order valence-corrected chi connectivity index (χ0v) is 12.6. The van der Waals surface area contributed by atoms with Crippen molar-refractivity contribution in [1.29, 1.82) is 0 Å². The Morgan fingerprint density at radius 1 is 1.18 bits per heavy atom. The van der Waals surface area contributed by atoms with Crippen LogP contribution in [0.4, 0.5) is 0 Å². The topological polar surface area (TPSA) is 59.3 Å². The zero-order valence-electron chi connectivity index (χ0n) is 12.6. The molecule has 1 aliphatic rings. The van der Waals surface area contributed by atoms with Crippen LogP contribution in [-0.2, 0) is 0 Å². The third-order valence-electron chi connectivity index (χ3n) is 4.45. The van der Waals surface area contributed by atoms with E-state index in [2.05, 4.69) is 5.32 Å². The Bertz CT molecular complexity index is 714. The van der Waals surface area contributed by atoms with Crippen LogP contribution < -0.4 is 10.9 Å².